The maximum absolute atomic E-state index is 12.8. The summed E-state index contributed by atoms with van der Waals surface area (Å²) in [5.74, 6) is 0.796. The number of methoxy groups -OCH3 is 1. The molecule has 5 nitrogen and oxygen atoms in total. The predicted molar refractivity (Wildman–Crippen MR) is 97.9 cm³/mol. The lowest BCUT2D eigenvalue weighted by Crippen LogP contribution is -2.36. The maximum atomic E-state index is 12.8. The molecule has 0 spiro atoms. The Kier molecular flexibility index (Phi) is 5.56. The van der Waals surface area contributed by atoms with Gasteiger partial charge in [-0.3, -0.25) is 4.79 Å². The zero-order valence-electron chi connectivity index (χ0n) is 14.3. The maximum Gasteiger partial charge on any atom is 0.225 e. The Bertz CT molecular complexity index is 736. The molecule has 132 valence electrons. The summed E-state index contributed by atoms with van der Waals surface area (Å²) in [5, 5.41) is 6.89. The Morgan fingerprint density at radius 1 is 1.36 bits per heavy atom. The average molecular weight is 360 g/mol. The predicted octanol–water partition coefficient (Wildman–Crippen LogP) is 2.92. The number of nitrogens with one attached hydrogen (secondary N) is 2. The molecule has 2 heterocycles. The normalized spacial score (nSPS) is 20.9. The van der Waals surface area contributed by atoms with Crippen LogP contribution in [0.25, 0.3) is 0 Å². The molecule has 0 saturated carbocycles. The molecular weight excluding hydrogens is 338 g/mol. The lowest BCUT2D eigenvalue weighted by Gasteiger charge is -2.22. The second kappa shape index (κ2) is 7.85. The molecule has 1 aromatic heterocycles. The summed E-state index contributed by atoms with van der Waals surface area (Å²) in [4.78, 5) is 16.9. The van der Waals surface area contributed by atoms with Crippen LogP contribution in [-0.4, -0.2) is 31.1 Å². The van der Waals surface area contributed by atoms with Crippen LogP contribution in [0.3, 0.4) is 0 Å². The third kappa shape index (κ3) is 4.11. The molecular formula is C19H22ClN3O2. The monoisotopic (exact) mass is 359 g/mol. The summed E-state index contributed by atoms with van der Waals surface area (Å²) < 4.78 is 5.25. The van der Waals surface area contributed by atoms with Gasteiger partial charge in [-0.1, -0.05) is 29.8 Å². The number of aromatic nitrogens is 1. The Hall–Kier alpha value is -2.11. The van der Waals surface area contributed by atoms with Gasteiger partial charge in [0.15, 0.2) is 0 Å². The first-order valence-electron chi connectivity index (χ1n) is 8.35. The van der Waals surface area contributed by atoms with Gasteiger partial charge in [-0.15, -0.1) is 0 Å². The molecule has 0 bridgehead atoms. The summed E-state index contributed by atoms with van der Waals surface area (Å²) >= 11 is 5.86. The van der Waals surface area contributed by atoms with Gasteiger partial charge in [0.25, 0.3) is 0 Å². The molecule has 25 heavy (non-hydrogen) atoms. The van der Waals surface area contributed by atoms with Gasteiger partial charge in [0.2, 0.25) is 5.91 Å². The van der Waals surface area contributed by atoms with Gasteiger partial charge in [-0.2, -0.15) is 0 Å². The van der Waals surface area contributed by atoms with Crippen molar-refractivity contribution >= 4 is 17.5 Å². The summed E-state index contributed by atoms with van der Waals surface area (Å²) in [6, 6.07) is 11.4. The summed E-state index contributed by atoms with van der Waals surface area (Å²) in [7, 11) is 1.64. The van der Waals surface area contributed by atoms with E-state index in [-0.39, 0.29) is 23.8 Å². The SMILES string of the molecule is COc1cccc(C(C)NC(=O)C2CNCC2c2ccc(Cl)nc2)c1. The molecule has 3 unspecified atom stereocenters. The first-order valence-corrected chi connectivity index (χ1v) is 8.72. The molecule has 1 aliphatic heterocycles. The lowest BCUT2D eigenvalue weighted by atomic mass is 9.89. The largest absolute Gasteiger partial charge is 0.497 e. The van der Waals surface area contributed by atoms with Crippen LogP contribution in [0.5, 0.6) is 5.75 Å². The Morgan fingerprint density at radius 2 is 2.20 bits per heavy atom. The number of hydrogen-bond acceptors (Lipinski definition) is 4. The van der Waals surface area contributed by atoms with Crippen molar-refractivity contribution in [2.75, 3.05) is 20.2 Å². The van der Waals surface area contributed by atoms with Crippen LogP contribution in [0.4, 0.5) is 0 Å². The molecule has 3 atom stereocenters. The van der Waals surface area contributed by atoms with Gasteiger partial charge >= 0.3 is 0 Å². The minimum atomic E-state index is -0.129. The second-order valence-corrected chi connectivity index (χ2v) is 6.68. The zero-order valence-corrected chi connectivity index (χ0v) is 15.1. The fourth-order valence-electron chi connectivity index (χ4n) is 3.23. The first-order chi connectivity index (χ1) is 12.1. The smallest absolute Gasteiger partial charge is 0.225 e. The fraction of sp³-hybridized carbons (Fsp3) is 0.368. The van der Waals surface area contributed by atoms with E-state index in [1.165, 1.54) is 0 Å². The molecule has 1 amide bonds. The van der Waals surface area contributed by atoms with Crippen molar-refractivity contribution in [3.8, 4) is 5.75 Å². The Labute approximate surface area is 152 Å². The molecule has 2 N–H and O–H groups in total. The fourth-order valence-corrected chi connectivity index (χ4v) is 3.34. The van der Waals surface area contributed by atoms with Gasteiger partial charge in [-0.05, 0) is 36.2 Å². The number of carbonyl (C=O) groups is 1. The quantitative estimate of drug-likeness (QED) is 0.806. The van der Waals surface area contributed by atoms with Crippen molar-refractivity contribution < 1.29 is 9.53 Å². The van der Waals surface area contributed by atoms with Crippen LogP contribution in [-0.2, 0) is 4.79 Å². The third-order valence-electron chi connectivity index (χ3n) is 4.68. The van der Waals surface area contributed by atoms with Crippen LogP contribution < -0.4 is 15.4 Å². The molecule has 6 heteroatoms. The van der Waals surface area contributed by atoms with Crippen molar-refractivity contribution in [3.05, 3.63) is 58.9 Å². The van der Waals surface area contributed by atoms with Crippen LogP contribution in [0, 0.1) is 5.92 Å². The van der Waals surface area contributed by atoms with Crippen molar-refractivity contribution in [2.45, 2.75) is 18.9 Å². The van der Waals surface area contributed by atoms with Gasteiger partial charge in [0.05, 0.1) is 19.1 Å². The number of hydrogen-bond donors (Lipinski definition) is 2. The topological polar surface area (TPSA) is 63.2 Å². The molecule has 1 saturated heterocycles. The highest BCUT2D eigenvalue weighted by molar-refractivity contribution is 6.29. The zero-order chi connectivity index (χ0) is 17.8. The summed E-state index contributed by atoms with van der Waals surface area (Å²) in [6.45, 7) is 3.40. The van der Waals surface area contributed by atoms with E-state index in [1.807, 2.05) is 37.3 Å². The summed E-state index contributed by atoms with van der Waals surface area (Å²) in [6.07, 6.45) is 1.76. The molecule has 2 aromatic rings. The molecule has 0 radical (unpaired) electrons. The van der Waals surface area contributed by atoms with Crippen molar-refractivity contribution in [1.29, 1.82) is 0 Å². The molecule has 3 rings (SSSR count). The Morgan fingerprint density at radius 3 is 2.92 bits per heavy atom. The van der Waals surface area contributed by atoms with Gasteiger partial charge in [0.1, 0.15) is 10.9 Å². The lowest BCUT2D eigenvalue weighted by molar-refractivity contribution is -0.125. The van der Waals surface area contributed by atoms with E-state index in [2.05, 4.69) is 15.6 Å². The number of carbonyl (C=O) groups excluding carboxylic acids is 1. The van der Waals surface area contributed by atoms with Crippen molar-refractivity contribution in [2.24, 2.45) is 5.92 Å². The van der Waals surface area contributed by atoms with Crippen molar-refractivity contribution in [1.82, 2.24) is 15.6 Å². The van der Waals surface area contributed by atoms with Gasteiger partial charge < -0.3 is 15.4 Å². The van der Waals surface area contributed by atoms with E-state index in [1.54, 1.807) is 19.4 Å². The standard InChI is InChI=1S/C19H22ClN3O2/c1-12(13-4-3-5-15(8-13)25-2)23-19(24)17-11-21-10-16(17)14-6-7-18(20)22-9-14/h3-9,12,16-17,21H,10-11H2,1-2H3,(H,23,24). The number of ether oxygens (including phenoxy) is 1. The Balaban J connectivity index is 1.70. The minimum Gasteiger partial charge on any atom is -0.497 e. The molecule has 1 fully saturated rings. The molecule has 0 aliphatic carbocycles. The van der Waals surface area contributed by atoms with Crippen LogP contribution in [0.15, 0.2) is 42.6 Å². The molecule has 1 aliphatic rings. The number of halogens is 1. The number of amides is 1. The van der Waals surface area contributed by atoms with Crippen LogP contribution >= 0.6 is 11.6 Å². The highest BCUT2D eigenvalue weighted by atomic mass is 35.5. The summed E-state index contributed by atoms with van der Waals surface area (Å²) in [5.41, 5.74) is 2.05. The van der Waals surface area contributed by atoms with E-state index in [4.69, 9.17) is 16.3 Å². The number of nitrogens with zero attached hydrogens (tertiary/aromatic N) is 1. The highest BCUT2D eigenvalue weighted by Crippen LogP contribution is 2.29. The second-order valence-electron chi connectivity index (χ2n) is 6.29. The third-order valence-corrected chi connectivity index (χ3v) is 4.91. The van der Waals surface area contributed by atoms with E-state index < -0.39 is 0 Å². The highest BCUT2D eigenvalue weighted by Gasteiger charge is 2.34. The average Bonchev–Trinajstić information content (AvgIpc) is 3.12. The molecule has 1 aromatic carbocycles. The van der Waals surface area contributed by atoms with Crippen molar-refractivity contribution in [3.63, 3.8) is 0 Å². The first kappa shape index (κ1) is 17.7. The van der Waals surface area contributed by atoms with E-state index in [0.717, 1.165) is 23.4 Å². The number of rotatable bonds is 5. The van der Waals surface area contributed by atoms with Crippen LogP contribution in [0.2, 0.25) is 5.15 Å². The van der Waals surface area contributed by atoms with Crippen LogP contribution in [0.1, 0.15) is 30.0 Å². The number of benzene rings is 1. The number of pyridine rings is 1. The van der Waals surface area contributed by atoms with E-state index in [9.17, 15) is 4.79 Å². The van der Waals surface area contributed by atoms with E-state index >= 15 is 0 Å². The van der Waals surface area contributed by atoms with Gasteiger partial charge in [-0.25, -0.2) is 4.98 Å². The van der Waals surface area contributed by atoms with Gasteiger partial charge in [0, 0.05) is 25.2 Å². The minimum absolute atomic E-state index is 0.0419. The van der Waals surface area contributed by atoms with E-state index in [0.29, 0.717) is 11.7 Å².